The smallest absolute Gasteiger partial charge is 0.130 e. The van der Waals surface area contributed by atoms with Crippen molar-refractivity contribution in [2.24, 2.45) is 5.92 Å². The SMILES string of the molecule is Fc1cc(Br)ccc1C1CNC2CCCC2CO1. The first-order valence-corrected chi connectivity index (χ1v) is 7.33. The Morgan fingerprint density at radius 2 is 2.22 bits per heavy atom. The summed E-state index contributed by atoms with van der Waals surface area (Å²) < 4.78 is 20.6. The van der Waals surface area contributed by atoms with Crippen LogP contribution in [0.1, 0.15) is 30.9 Å². The molecule has 98 valence electrons. The van der Waals surface area contributed by atoms with Crippen molar-refractivity contribution < 1.29 is 9.13 Å². The molecule has 1 N–H and O–H groups in total. The number of hydrogen-bond acceptors (Lipinski definition) is 2. The molecule has 1 saturated carbocycles. The van der Waals surface area contributed by atoms with E-state index in [4.69, 9.17) is 4.74 Å². The number of fused-ring (bicyclic) bond motifs is 1. The van der Waals surface area contributed by atoms with Crippen LogP contribution in [-0.4, -0.2) is 19.2 Å². The first-order chi connectivity index (χ1) is 8.74. The Hall–Kier alpha value is -0.450. The molecule has 0 radical (unpaired) electrons. The van der Waals surface area contributed by atoms with E-state index in [-0.39, 0.29) is 11.9 Å². The lowest BCUT2D eigenvalue weighted by atomic mass is 10.1. The molecule has 2 aliphatic rings. The van der Waals surface area contributed by atoms with Gasteiger partial charge in [-0.05, 0) is 30.9 Å². The number of rotatable bonds is 1. The quantitative estimate of drug-likeness (QED) is 0.858. The van der Waals surface area contributed by atoms with Crippen LogP contribution in [0.2, 0.25) is 0 Å². The van der Waals surface area contributed by atoms with Crippen LogP contribution in [0.4, 0.5) is 4.39 Å². The van der Waals surface area contributed by atoms with E-state index < -0.39 is 0 Å². The molecule has 0 spiro atoms. The van der Waals surface area contributed by atoms with Crippen LogP contribution in [0.5, 0.6) is 0 Å². The van der Waals surface area contributed by atoms with Crippen molar-refractivity contribution in [1.29, 1.82) is 0 Å². The van der Waals surface area contributed by atoms with Crippen LogP contribution in [0.15, 0.2) is 22.7 Å². The third-order valence-corrected chi connectivity index (χ3v) is 4.54. The number of ether oxygens (including phenoxy) is 1. The molecule has 1 aliphatic heterocycles. The van der Waals surface area contributed by atoms with E-state index in [1.54, 1.807) is 0 Å². The summed E-state index contributed by atoms with van der Waals surface area (Å²) in [5.41, 5.74) is 0.658. The maximum absolute atomic E-state index is 13.9. The molecule has 3 unspecified atom stereocenters. The molecule has 1 heterocycles. The van der Waals surface area contributed by atoms with Gasteiger partial charge in [0.2, 0.25) is 0 Å². The van der Waals surface area contributed by atoms with Gasteiger partial charge in [-0.1, -0.05) is 28.4 Å². The monoisotopic (exact) mass is 313 g/mol. The molecule has 18 heavy (non-hydrogen) atoms. The Morgan fingerprint density at radius 3 is 3.06 bits per heavy atom. The third-order valence-electron chi connectivity index (χ3n) is 4.05. The van der Waals surface area contributed by atoms with Gasteiger partial charge in [0.1, 0.15) is 5.82 Å². The lowest BCUT2D eigenvalue weighted by Crippen LogP contribution is -2.32. The number of benzene rings is 1. The molecule has 2 fully saturated rings. The van der Waals surface area contributed by atoms with Gasteiger partial charge in [0.05, 0.1) is 12.7 Å². The summed E-state index contributed by atoms with van der Waals surface area (Å²) in [6.45, 7) is 1.46. The molecular weight excluding hydrogens is 297 g/mol. The molecule has 1 aromatic rings. The summed E-state index contributed by atoms with van der Waals surface area (Å²) in [6.07, 6.45) is 3.57. The van der Waals surface area contributed by atoms with Gasteiger partial charge in [0, 0.05) is 22.6 Å². The molecule has 0 bridgehead atoms. The fourth-order valence-corrected chi connectivity index (χ4v) is 3.36. The van der Waals surface area contributed by atoms with Crippen molar-refractivity contribution in [3.05, 3.63) is 34.1 Å². The zero-order valence-corrected chi connectivity index (χ0v) is 11.7. The van der Waals surface area contributed by atoms with Crippen LogP contribution < -0.4 is 5.32 Å². The lowest BCUT2D eigenvalue weighted by molar-refractivity contribution is 0.0452. The normalized spacial score (nSPS) is 32.0. The zero-order chi connectivity index (χ0) is 12.5. The zero-order valence-electron chi connectivity index (χ0n) is 10.2. The standard InChI is InChI=1S/C14H17BrFNO/c15-10-4-5-11(12(16)6-10)14-7-17-13-3-1-2-9(13)8-18-14/h4-6,9,13-14,17H,1-3,7-8H2. The average molecular weight is 314 g/mol. The van der Waals surface area contributed by atoms with Gasteiger partial charge >= 0.3 is 0 Å². The van der Waals surface area contributed by atoms with Gasteiger partial charge in [-0.25, -0.2) is 4.39 Å². The summed E-state index contributed by atoms with van der Waals surface area (Å²) in [5.74, 6) is 0.414. The Bertz CT molecular complexity index is 426. The molecule has 3 atom stereocenters. The number of halogens is 2. The van der Waals surface area contributed by atoms with E-state index in [2.05, 4.69) is 21.2 Å². The van der Waals surface area contributed by atoms with Gasteiger partial charge in [0.25, 0.3) is 0 Å². The van der Waals surface area contributed by atoms with E-state index in [9.17, 15) is 4.39 Å². The molecule has 0 amide bonds. The van der Waals surface area contributed by atoms with E-state index >= 15 is 0 Å². The first-order valence-electron chi connectivity index (χ1n) is 6.54. The summed E-state index contributed by atoms with van der Waals surface area (Å²) in [6, 6.07) is 5.75. The van der Waals surface area contributed by atoms with Gasteiger partial charge in [-0.15, -0.1) is 0 Å². The van der Waals surface area contributed by atoms with Crippen molar-refractivity contribution >= 4 is 15.9 Å². The van der Waals surface area contributed by atoms with Crippen molar-refractivity contribution in [2.45, 2.75) is 31.4 Å². The number of hydrogen-bond donors (Lipinski definition) is 1. The van der Waals surface area contributed by atoms with E-state index in [0.29, 0.717) is 24.1 Å². The van der Waals surface area contributed by atoms with Gasteiger partial charge in [-0.3, -0.25) is 0 Å². The second kappa shape index (κ2) is 5.27. The second-order valence-electron chi connectivity index (χ2n) is 5.19. The summed E-state index contributed by atoms with van der Waals surface area (Å²) in [5, 5.41) is 3.53. The van der Waals surface area contributed by atoms with Crippen molar-refractivity contribution in [1.82, 2.24) is 5.32 Å². The fourth-order valence-electron chi connectivity index (χ4n) is 3.02. The van der Waals surface area contributed by atoms with E-state index in [0.717, 1.165) is 11.1 Å². The van der Waals surface area contributed by atoms with Crippen LogP contribution in [0, 0.1) is 11.7 Å². The third kappa shape index (κ3) is 2.46. The minimum absolute atomic E-state index is 0.163. The van der Waals surface area contributed by atoms with E-state index in [1.165, 1.54) is 25.3 Å². The Kier molecular flexibility index (Phi) is 3.68. The summed E-state index contributed by atoms with van der Waals surface area (Å²) in [7, 11) is 0. The Morgan fingerprint density at radius 1 is 1.33 bits per heavy atom. The second-order valence-corrected chi connectivity index (χ2v) is 6.11. The highest BCUT2D eigenvalue weighted by Crippen LogP contribution is 2.32. The largest absolute Gasteiger partial charge is 0.372 e. The predicted molar refractivity (Wildman–Crippen MR) is 71.9 cm³/mol. The molecule has 3 rings (SSSR count). The van der Waals surface area contributed by atoms with Crippen LogP contribution in [-0.2, 0) is 4.74 Å². The van der Waals surface area contributed by atoms with Gasteiger partial charge in [-0.2, -0.15) is 0 Å². The molecule has 1 aliphatic carbocycles. The summed E-state index contributed by atoms with van der Waals surface area (Å²) >= 11 is 3.28. The molecule has 2 nitrogen and oxygen atoms in total. The van der Waals surface area contributed by atoms with Crippen LogP contribution >= 0.6 is 15.9 Å². The van der Waals surface area contributed by atoms with Crippen molar-refractivity contribution in [2.75, 3.05) is 13.2 Å². The van der Waals surface area contributed by atoms with Crippen LogP contribution in [0.25, 0.3) is 0 Å². The molecule has 0 aromatic heterocycles. The highest BCUT2D eigenvalue weighted by Gasteiger charge is 2.32. The molecule has 1 aromatic carbocycles. The maximum Gasteiger partial charge on any atom is 0.130 e. The summed E-state index contributed by atoms with van der Waals surface area (Å²) in [4.78, 5) is 0. The highest BCUT2D eigenvalue weighted by molar-refractivity contribution is 9.10. The number of nitrogens with one attached hydrogen (secondary N) is 1. The topological polar surface area (TPSA) is 21.3 Å². The fraction of sp³-hybridized carbons (Fsp3) is 0.571. The molecular formula is C14H17BrFNO. The Balaban J connectivity index is 1.76. The minimum atomic E-state index is -0.191. The maximum atomic E-state index is 13.9. The van der Waals surface area contributed by atoms with Crippen LogP contribution in [0.3, 0.4) is 0 Å². The van der Waals surface area contributed by atoms with Gasteiger partial charge < -0.3 is 10.1 Å². The van der Waals surface area contributed by atoms with E-state index in [1.807, 2.05) is 12.1 Å². The molecule has 4 heteroatoms. The van der Waals surface area contributed by atoms with Crippen molar-refractivity contribution in [3.63, 3.8) is 0 Å². The minimum Gasteiger partial charge on any atom is -0.372 e. The Labute approximate surface area is 115 Å². The van der Waals surface area contributed by atoms with Crippen molar-refractivity contribution in [3.8, 4) is 0 Å². The highest BCUT2D eigenvalue weighted by atomic mass is 79.9. The first kappa shape index (κ1) is 12.6. The lowest BCUT2D eigenvalue weighted by Gasteiger charge is -2.17. The average Bonchev–Trinajstić information content (AvgIpc) is 2.70. The predicted octanol–water partition coefficient (Wildman–Crippen LogP) is 3.42. The van der Waals surface area contributed by atoms with Gasteiger partial charge in [0.15, 0.2) is 0 Å². The molecule has 1 saturated heterocycles.